The molecule has 84 valence electrons. The van der Waals surface area contributed by atoms with E-state index in [2.05, 4.69) is 11.4 Å². The Labute approximate surface area is 102 Å². The molecule has 1 atom stereocenters. The minimum atomic E-state index is -0.308. The van der Waals surface area contributed by atoms with E-state index in [1.807, 2.05) is 61.5 Å². The van der Waals surface area contributed by atoms with Gasteiger partial charge in [0.15, 0.2) is 0 Å². The summed E-state index contributed by atoms with van der Waals surface area (Å²) in [5.74, 6) is 0. The summed E-state index contributed by atoms with van der Waals surface area (Å²) in [6.07, 6.45) is 0. The van der Waals surface area contributed by atoms with Gasteiger partial charge in [-0.25, -0.2) is 0 Å². The Bertz CT molecular complexity index is 526. The Morgan fingerprint density at radius 3 is 2.47 bits per heavy atom. The van der Waals surface area contributed by atoms with Crippen molar-refractivity contribution < 1.29 is 0 Å². The summed E-state index contributed by atoms with van der Waals surface area (Å²) in [5, 5.41) is 12.4. The Morgan fingerprint density at radius 2 is 1.82 bits per heavy atom. The van der Waals surface area contributed by atoms with Gasteiger partial charge in [-0.2, -0.15) is 5.26 Å². The molecule has 2 aromatic carbocycles. The van der Waals surface area contributed by atoms with Crippen LogP contribution in [0.2, 0.25) is 0 Å². The molecule has 0 spiro atoms. The average molecular weight is 222 g/mol. The van der Waals surface area contributed by atoms with Crippen LogP contribution in [0, 0.1) is 18.3 Å². The molecule has 2 nitrogen and oxygen atoms in total. The largest absolute Gasteiger partial charge is 0.366 e. The van der Waals surface area contributed by atoms with Crippen LogP contribution in [0.3, 0.4) is 0 Å². The van der Waals surface area contributed by atoms with Gasteiger partial charge in [0.2, 0.25) is 0 Å². The molecule has 0 heterocycles. The van der Waals surface area contributed by atoms with Gasteiger partial charge in [-0.3, -0.25) is 0 Å². The topological polar surface area (TPSA) is 35.8 Å². The Hall–Kier alpha value is -2.27. The van der Waals surface area contributed by atoms with Crippen molar-refractivity contribution in [3.05, 3.63) is 65.7 Å². The van der Waals surface area contributed by atoms with Gasteiger partial charge in [0.1, 0.15) is 6.04 Å². The Morgan fingerprint density at radius 1 is 1.06 bits per heavy atom. The van der Waals surface area contributed by atoms with Gasteiger partial charge in [0, 0.05) is 5.69 Å². The predicted molar refractivity (Wildman–Crippen MR) is 69.6 cm³/mol. The number of hydrogen-bond donors (Lipinski definition) is 1. The van der Waals surface area contributed by atoms with Crippen molar-refractivity contribution in [2.45, 2.75) is 13.0 Å². The first-order valence-corrected chi connectivity index (χ1v) is 5.57. The van der Waals surface area contributed by atoms with E-state index in [4.69, 9.17) is 0 Å². The van der Waals surface area contributed by atoms with Crippen LogP contribution in [0.25, 0.3) is 0 Å². The van der Waals surface area contributed by atoms with Gasteiger partial charge in [0.05, 0.1) is 6.07 Å². The fourth-order valence-electron chi connectivity index (χ4n) is 1.74. The number of hydrogen-bond acceptors (Lipinski definition) is 2. The third-order valence-corrected chi connectivity index (χ3v) is 2.59. The normalized spacial score (nSPS) is 11.5. The molecule has 1 N–H and O–H groups in total. The molecule has 0 saturated carbocycles. The number of aryl methyl sites for hydroxylation is 1. The summed E-state index contributed by atoms with van der Waals surface area (Å²) < 4.78 is 0. The van der Waals surface area contributed by atoms with E-state index in [9.17, 15) is 5.26 Å². The number of rotatable bonds is 3. The maximum absolute atomic E-state index is 9.22. The first-order chi connectivity index (χ1) is 8.29. The van der Waals surface area contributed by atoms with Crippen molar-refractivity contribution >= 4 is 5.69 Å². The van der Waals surface area contributed by atoms with Crippen molar-refractivity contribution in [1.82, 2.24) is 0 Å². The molecule has 0 saturated heterocycles. The maximum Gasteiger partial charge on any atom is 0.140 e. The highest BCUT2D eigenvalue weighted by atomic mass is 14.9. The molecule has 0 aliphatic rings. The summed E-state index contributed by atoms with van der Waals surface area (Å²) >= 11 is 0. The summed E-state index contributed by atoms with van der Waals surface area (Å²) in [6.45, 7) is 2.03. The molecule has 0 bridgehead atoms. The third-order valence-electron chi connectivity index (χ3n) is 2.59. The fraction of sp³-hybridized carbons (Fsp3) is 0.133. The second-order valence-electron chi connectivity index (χ2n) is 3.99. The highest BCUT2D eigenvalue weighted by Gasteiger charge is 2.09. The van der Waals surface area contributed by atoms with Crippen LogP contribution < -0.4 is 5.32 Å². The van der Waals surface area contributed by atoms with Crippen LogP contribution in [0.15, 0.2) is 54.6 Å². The minimum absolute atomic E-state index is 0.308. The quantitative estimate of drug-likeness (QED) is 0.860. The lowest BCUT2D eigenvalue weighted by molar-refractivity contribution is 0.994. The zero-order valence-corrected chi connectivity index (χ0v) is 9.72. The molecule has 1 unspecified atom stereocenters. The van der Waals surface area contributed by atoms with Crippen molar-refractivity contribution in [3.63, 3.8) is 0 Å². The minimum Gasteiger partial charge on any atom is -0.366 e. The van der Waals surface area contributed by atoms with E-state index in [-0.39, 0.29) is 6.04 Å². The summed E-state index contributed by atoms with van der Waals surface area (Å²) in [6, 6.07) is 19.8. The highest BCUT2D eigenvalue weighted by molar-refractivity contribution is 5.47. The van der Waals surface area contributed by atoms with Crippen molar-refractivity contribution in [2.24, 2.45) is 0 Å². The Kier molecular flexibility index (Phi) is 3.42. The number of anilines is 1. The summed E-state index contributed by atoms with van der Waals surface area (Å²) in [4.78, 5) is 0. The summed E-state index contributed by atoms with van der Waals surface area (Å²) in [5.41, 5.74) is 3.12. The van der Waals surface area contributed by atoms with Gasteiger partial charge >= 0.3 is 0 Å². The van der Waals surface area contributed by atoms with E-state index in [0.29, 0.717) is 0 Å². The van der Waals surface area contributed by atoms with E-state index >= 15 is 0 Å². The van der Waals surface area contributed by atoms with Crippen LogP contribution in [0.5, 0.6) is 0 Å². The van der Waals surface area contributed by atoms with E-state index in [1.165, 1.54) is 0 Å². The Balaban J connectivity index is 2.21. The standard InChI is InChI=1S/C15H14N2/c1-12-6-5-7-13(10-12)15(11-16)17-14-8-3-2-4-9-14/h2-10,15,17H,1H3. The highest BCUT2D eigenvalue weighted by Crippen LogP contribution is 2.19. The van der Waals surface area contributed by atoms with Crippen LogP contribution in [-0.2, 0) is 0 Å². The number of nitriles is 1. The second-order valence-corrected chi connectivity index (χ2v) is 3.99. The predicted octanol–water partition coefficient (Wildman–Crippen LogP) is 3.67. The maximum atomic E-state index is 9.22. The van der Waals surface area contributed by atoms with E-state index in [1.54, 1.807) is 0 Å². The zero-order chi connectivity index (χ0) is 12.1. The first-order valence-electron chi connectivity index (χ1n) is 5.57. The number of nitrogens with one attached hydrogen (secondary N) is 1. The molecule has 17 heavy (non-hydrogen) atoms. The van der Waals surface area contributed by atoms with Gasteiger partial charge in [-0.05, 0) is 24.6 Å². The average Bonchev–Trinajstić information content (AvgIpc) is 2.37. The SMILES string of the molecule is Cc1cccc(C(C#N)Nc2ccccc2)c1. The molecule has 0 amide bonds. The van der Waals surface area contributed by atoms with Gasteiger partial charge < -0.3 is 5.32 Å². The van der Waals surface area contributed by atoms with Crippen LogP contribution in [0.1, 0.15) is 17.2 Å². The van der Waals surface area contributed by atoms with Crippen molar-refractivity contribution in [3.8, 4) is 6.07 Å². The number of nitrogens with zero attached hydrogens (tertiary/aromatic N) is 1. The molecule has 0 aliphatic carbocycles. The summed E-state index contributed by atoms with van der Waals surface area (Å²) in [7, 11) is 0. The van der Waals surface area contributed by atoms with Crippen LogP contribution in [-0.4, -0.2) is 0 Å². The molecular formula is C15H14N2. The van der Waals surface area contributed by atoms with Gasteiger partial charge in [-0.15, -0.1) is 0 Å². The lowest BCUT2D eigenvalue weighted by Gasteiger charge is -2.13. The molecule has 0 aliphatic heterocycles. The molecular weight excluding hydrogens is 208 g/mol. The molecule has 0 aromatic heterocycles. The smallest absolute Gasteiger partial charge is 0.140 e. The van der Waals surface area contributed by atoms with Crippen LogP contribution in [0.4, 0.5) is 5.69 Å². The monoisotopic (exact) mass is 222 g/mol. The third kappa shape index (κ3) is 2.85. The zero-order valence-electron chi connectivity index (χ0n) is 9.72. The lowest BCUT2D eigenvalue weighted by atomic mass is 10.1. The second kappa shape index (κ2) is 5.18. The van der Waals surface area contributed by atoms with Gasteiger partial charge in [0.25, 0.3) is 0 Å². The molecule has 0 fully saturated rings. The molecule has 2 aromatic rings. The lowest BCUT2D eigenvalue weighted by Crippen LogP contribution is -2.08. The van der Waals surface area contributed by atoms with Gasteiger partial charge in [-0.1, -0.05) is 48.0 Å². The van der Waals surface area contributed by atoms with Crippen molar-refractivity contribution in [2.75, 3.05) is 5.32 Å². The fourth-order valence-corrected chi connectivity index (χ4v) is 1.74. The van der Waals surface area contributed by atoms with Crippen molar-refractivity contribution in [1.29, 1.82) is 5.26 Å². The molecule has 2 rings (SSSR count). The first kappa shape index (κ1) is 11.2. The number of para-hydroxylation sites is 1. The molecule has 2 heteroatoms. The molecule has 0 radical (unpaired) electrons. The van der Waals surface area contributed by atoms with E-state index in [0.717, 1.165) is 16.8 Å². The number of benzene rings is 2. The van der Waals surface area contributed by atoms with Crippen LogP contribution >= 0.6 is 0 Å². The van der Waals surface area contributed by atoms with E-state index < -0.39 is 0 Å².